The van der Waals surface area contributed by atoms with Gasteiger partial charge in [0.25, 0.3) is 0 Å². The SMILES string of the molecule is COc1ccc(C(N)CSc2ncccn2)cc1. The molecule has 0 aliphatic rings. The highest BCUT2D eigenvalue weighted by atomic mass is 32.2. The molecule has 2 rings (SSSR count). The Morgan fingerprint density at radius 3 is 2.50 bits per heavy atom. The summed E-state index contributed by atoms with van der Waals surface area (Å²) in [5, 5.41) is 0.751. The fraction of sp³-hybridized carbons (Fsp3) is 0.231. The molecule has 1 aromatic heterocycles. The van der Waals surface area contributed by atoms with Crippen LogP contribution < -0.4 is 10.5 Å². The van der Waals surface area contributed by atoms with E-state index in [0.717, 1.165) is 22.2 Å². The van der Waals surface area contributed by atoms with Crippen LogP contribution in [0.2, 0.25) is 0 Å². The van der Waals surface area contributed by atoms with Gasteiger partial charge in [0.15, 0.2) is 5.16 Å². The fourth-order valence-electron chi connectivity index (χ4n) is 1.47. The lowest BCUT2D eigenvalue weighted by Gasteiger charge is -2.11. The van der Waals surface area contributed by atoms with Gasteiger partial charge in [-0.25, -0.2) is 9.97 Å². The van der Waals surface area contributed by atoms with Gasteiger partial charge in [-0.2, -0.15) is 0 Å². The molecular formula is C13H15N3OS. The predicted molar refractivity (Wildman–Crippen MR) is 72.7 cm³/mol. The van der Waals surface area contributed by atoms with Crippen molar-refractivity contribution < 1.29 is 4.74 Å². The molecule has 4 nitrogen and oxygen atoms in total. The van der Waals surface area contributed by atoms with E-state index in [2.05, 4.69) is 9.97 Å². The Morgan fingerprint density at radius 1 is 1.22 bits per heavy atom. The van der Waals surface area contributed by atoms with Gasteiger partial charge in [-0.3, -0.25) is 0 Å². The molecule has 1 atom stereocenters. The second-order valence-electron chi connectivity index (χ2n) is 3.72. The number of rotatable bonds is 5. The number of nitrogens with zero attached hydrogens (tertiary/aromatic N) is 2. The minimum absolute atomic E-state index is 0.0373. The lowest BCUT2D eigenvalue weighted by Crippen LogP contribution is -2.13. The van der Waals surface area contributed by atoms with Crippen molar-refractivity contribution in [2.24, 2.45) is 5.73 Å². The van der Waals surface area contributed by atoms with E-state index in [0.29, 0.717) is 0 Å². The first-order chi connectivity index (χ1) is 8.79. The number of aromatic nitrogens is 2. The summed E-state index contributed by atoms with van der Waals surface area (Å²) >= 11 is 1.55. The molecule has 0 aliphatic carbocycles. The topological polar surface area (TPSA) is 61.0 Å². The van der Waals surface area contributed by atoms with Crippen LogP contribution in [0.3, 0.4) is 0 Å². The Balaban J connectivity index is 1.93. The van der Waals surface area contributed by atoms with Gasteiger partial charge in [-0.15, -0.1) is 0 Å². The van der Waals surface area contributed by atoms with Crippen LogP contribution in [0.1, 0.15) is 11.6 Å². The van der Waals surface area contributed by atoms with E-state index in [1.54, 1.807) is 37.3 Å². The summed E-state index contributed by atoms with van der Waals surface area (Å²) < 4.78 is 5.11. The normalized spacial score (nSPS) is 12.1. The van der Waals surface area contributed by atoms with Gasteiger partial charge >= 0.3 is 0 Å². The van der Waals surface area contributed by atoms with Gasteiger partial charge < -0.3 is 10.5 Å². The van der Waals surface area contributed by atoms with Crippen LogP contribution in [0.5, 0.6) is 5.75 Å². The first-order valence-corrected chi connectivity index (χ1v) is 6.57. The van der Waals surface area contributed by atoms with Crippen molar-refractivity contribution in [1.82, 2.24) is 9.97 Å². The van der Waals surface area contributed by atoms with Crippen LogP contribution in [0, 0.1) is 0 Å². The average molecular weight is 261 g/mol. The highest BCUT2D eigenvalue weighted by Gasteiger charge is 2.07. The van der Waals surface area contributed by atoms with E-state index in [1.807, 2.05) is 24.3 Å². The van der Waals surface area contributed by atoms with Crippen molar-refractivity contribution in [2.75, 3.05) is 12.9 Å². The van der Waals surface area contributed by atoms with Crippen molar-refractivity contribution in [3.63, 3.8) is 0 Å². The Labute approximate surface area is 111 Å². The van der Waals surface area contributed by atoms with Crippen LogP contribution in [0.25, 0.3) is 0 Å². The predicted octanol–water partition coefficient (Wildman–Crippen LogP) is 2.28. The van der Waals surface area contributed by atoms with Gasteiger partial charge in [0.05, 0.1) is 7.11 Å². The number of methoxy groups -OCH3 is 1. The number of benzene rings is 1. The monoisotopic (exact) mass is 261 g/mol. The van der Waals surface area contributed by atoms with Gasteiger partial charge in [-0.1, -0.05) is 23.9 Å². The minimum Gasteiger partial charge on any atom is -0.497 e. The largest absolute Gasteiger partial charge is 0.497 e. The molecule has 0 aliphatic heterocycles. The minimum atomic E-state index is -0.0373. The Hall–Kier alpha value is -1.59. The molecule has 0 spiro atoms. The van der Waals surface area contributed by atoms with Crippen LogP contribution in [-0.4, -0.2) is 22.8 Å². The lowest BCUT2D eigenvalue weighted by atomic mass is 10.1. The van der Waals surface area contributed by atoms with Crippen LogP contribution in [-0.2, 0) is 0 Å². The number of hydrogen-bond acceptors (Lipinski definition) is 5. The van der Waals surface area contributed by atoms with Crippen molar-refractivity contribution in [2.45, 2.75) is 11.2 Å². The van der Waals surface area contributed by atoms with Crippen molar-refractivity contribution >= 4 is 11.8 Å². The maximum absolute atomic E-state index is 6.12. The molecule has 0 saturated carbocycles. The summed E-state index contributed by atoms with van der Waals surface area (Å²) in [4.78, 5) is 8.30. The Morgan fingerprint density at radius 2 is 1.89 bits per heavy atom. The summed E-state index contributed by atoms with van der Waals surface area (Å²) in [6.45, 7) is 0. The number of hydrogen-bond donors (Lipinski definition) is 1. The van der Waals surface area contributed by atoms with E-state index < -0.39 is 0 Å². The molecule has 1 unspecified atom stereocenters. The molecule has 0 bridgehead atoms. The smallest absolute Gasteiger partial charge is 0.187 e. The molecule has 0 radical (unpaired) electrons. The average Bonchev–Trinajstić information content (AvgIpc) is 2.46. The molecule has 18 heavy (non-hydrogen) atoms. The van der Waals surface area contributed by atoms with Crippen molar-refractivity contribution in [1.29, 1.82) is 0 Å². The van der Waals surface area contributed by atoms with Crippen LogP contribution >= 0.6 is 11.8 Å². The first kappa shape index (κ1) is 12.9. The standard InChI is InChI=1S/C13H15N3OS/c1-17-11-5-3-10(4-6-11)12(14)9-18-13-15-7-2-8-16-13/h2-8,12H,9,14H2,1H3. The van der Waals surface area contributed by atoms with Crippen LogP contribution in [0.4, 0.5) is 0 Å². The molecule has 94 valence electrons. The van der Waals surface area contributed by atoms with Gasteiger partial charge in [0.2, 0.25) is 0 Å². The fourth-order valence-corrected chi connectivity index (χ4v) is 2.26. The summed E-state index contributed by atoms with van der Waals surface area (Å²) in [6, 6.07) is 9.56. The zero-order chi connectivity index (χ0) is 12.8. The van der Waals surface area contributed by atoms with Crippen LogP contribution in [0.15, 0.2) is 47.9 Å². The number of ether oxygens (including phenoxy) is 1. The summed E-state index contributed by atoms with van der Waals surface area (Å²) in [7, 11) is 1.65. The van der Waals surface area contributed by atoms with E-state index in [4.69, 9.17) is 10.5 Å². The number of thioether (sulfide) groups is 1. The molecule has 0 fully saturated rings. The molecule has 0 saturated heterocycles. The maximum Gasteiger partial charge on any atom is 0.187 e. The zero-order valence-electron chi connectivity index (χ0n) is 10.1. The third-order valence-corrected chi connectivity index (χ3v) is 3.47. The number of nitrogens with two attached hydrogens (primary N) is 1. The Bertz CT molecular complexity index is 475. The molecule has 2 aromatic rings. The van der Waals surface area contributed by atoms with Crippen molar-refractivity contribution in [3.8, 4) is 5.75 Å². The van der Waals surface area contributed by atoms with E-state index >= 15 is 0 Å². The lowest BCUT2D eigenvalue weighted by molar-refractivity contribution is 0.414. The molecule has 2 N–H and O–H groups in total. The quantitative estimate of drug-likeness (QED) is 0.661. The zero-order valence-corrected chi connectivity index (χ0v) is 10.9. The molecule has 0 amide bonds. The van der Waals surface area contributed by atoms with Gasteiger partial charge in [0, 0.05) is 24.2 Å². The van der Waals surface area contributed by atoms with E-state index in [1.165, 1.54) is 0 Å². The summed E-state index contributed by atoms with van der Waals surface area (Å²) in [5.41, 5.74) is 7.20. The second-order valence-corrected chi connectivity index (χ2v) is 4.71. The molecule has 5 heteroatoms. The van der Waals surface area contributed by atoms with Crippen molar-refractivity contribution in [3.05, 3.63) is 48.3 Å². The summed E-state index contributed by atoms with van der Waals surface area (Å²) in [5.74, 6) is 1.58. The molecule has 1 aromatic carbocycles. The first-order valence-electron chi connectivity index (χ1n) is 5.59. The Kier molecular flexibility index (Phi) is 4.55. The molecular weight excluding hydrogens is 246 g/mol. The van der Waals surface area contributed by atoms with Gasteiger partial charge in [0.1, 0.15) is 5.75 Å². The van der Waals surface area contributed by atoms with E-state index in [9.17, 15) is 0 Å². The highest BCUT2D eigenvalue weighted by Crippen LogP contribution is 2.21. The third-order valence-electron chi connectivity index (χ3n) is 2.48. The van der Waals surface area contributed by atoms with Gasteiger partial charge in [-0.05, 0) is 23.8 Å². The maximum atomic E-state index is 6.12. The highest BCUT2D eigenvalue weighted by molar-refractivity contribution is 7.99. The second kappa shape index (κ2) is 6.37. The third kappa shape index (κ3) is 3.45. The van der Waals surface area contributed by atoms with E-state index in [-0.39, 0.29) is 6.04 Å². The molecule has 1 heterocycles. The summed E-state index contributed by atoms with van der Waals surface area (Å²) in [6.07, 6.45) is 3.46.